The van der Waals surface area contributed by atoms with Crippen LogP contribution in [-0.2, 0) is 6.54 Å². The van der Waals surface area contributed by atoms with E-state index < -0.39 is 0 Å². The summed E-state index contributed by atoms with van der Waals surface area (Å²) < 4.78 is 5.47. The quantitative estimate of drug-likeness (QED) is 0.651. The van der Waals surface area contributed by atoms with Gasteiger partial charge in [-0.05, 0) is 42.0 Å². The first-order valence-corrected chi connectivity index (χ1v) is 9.99. The van der Waals surface area contributed by atoms with Crippen molar-refractivity contribution >= 4 is 28.2 Å². The molecule has 5 nitrogen and oxygen atoms in total. The summed E-state index contributed by atoms with van der Waals surface area (Å²) in [7, 11) is 0. The minimum absolute atomic E-state index is 0.113. The molecule has 1 saturated heterocycles. The molecule has 1 aliphatic rings. The zero-order valence-corrected chi connectivity index (χ0v) is 16.3. The summed E-state index contributed by atoms with van der Waals surface area (Å²) in [5, 5.41) is 2.93. The van der Waals surface area contributed by atoms with Crippen LogP contribution < -0.4 is 5.63 Å². The number of thiophene rings is 1. The van der Waals surface area contributed by atoms with Crippen molar-refractivity contribution in [3.05, 3.63) is 67.7 Å². The number of fused-ring (bicyclic) bond motifs is 1. The molecule has 0 aliphatic carbocycles. The predicted molar refractivity (Wildman–Crippen MR) is 107 cm³/mol. The van der Waals surface area contributed by atoms with Crippen molar-refractivity contribution in [3.8, 4) is 0 Å². The maximum absolute atomic E-state index is 12.5. The zero-order valence-electron chi connectivity index (χ0n) is 15.5. The second-order valence-electron chi connectivity index (χ2n) is 7.02. The Kier molecular flexibility index (Phi) is 4.85. The van der Waals surface area contributed by atoms with Crippen LogP contribution in [-0.4, -0.2) is 41.9 Å². The number of hydrogen-bond acceptors (Lipinski definition) is 5. The van der Waals surface area contributed by atoms with Gasteiger partial charge in [0.05, 0.1) is 4.88 Å². The highest BCUT2D eigenvalue weighted by Gasteiger charge is 2.23. The molecule has 0 radical (unpaired) electrons. The van der Waals surface area contributed by atoms with E-state index in [9.17, 15) is 9.59 Å². The summed E-state index contributed by atoms with van der Waals surface area (Å²) in [4.78, 5) is 29.5. The number of benzene rings is 1. The molecule has 1 amide bonds. The summed E-state index contributed by atoms with van der Waals surface area (Å²) in [5.41, 5.74) is 3.49. The number of hydrogen-bond donors (Lipinski definition) is 0. The molecule has 0 atom stereocenters. The molecule has 27 heavy (non-hydrogen) atoms. The van der Waals surface area contributed by atoms with Crippen LogP contribution in [0.2, 0.25) is 0 Å². The fourth-order valence-electron chi connectivity index (χ4n) is 3.56. The third-order valence-corrected chi connectivity index (χ3v) is 6.16. The van der Waals surface area contributed by atoms with Crippen LogP contribution in [0.4, 0.5) is 0 Å². The van der Waals surface area contributed by atoms with Crippen molar-refractivity contribution < 1.29 is 9.21 Å². The third kappa shape index (κ3) is 3.55. The summed E-state index contributed by atoms with van der Waals surface area (Å²) >= 11 is 1.48. The zero-order chi connectivity index (χ0) is 19.0. The molecule has 0 unspecified atom stereocenters. The van der Waals surface area contributed by atoms with E-state index in [4.69, 9.17) is 4.42 Å². The Morgan fingerprint density at radius 3 is 2.63 bits per heavy atom. The van der Waals surface area contributed by atoms with E-state index in [0.717, 1.165) is 40.0 Å². The molecule has 1 aliphatic heterocycles. The standard InChI is InChI=1S/C21H22N2O3S/c1-14-5-6-17-16(12-19(24)26-20(17)15(14)2)13-22-7-9-23(10-8-22)21(25)18-4-3-11-27-18/h3-6,11-12H,7-10,13H2,1-2H3. The lowest BCUT2D eigenvalue weighted by Gasteiger charge is -2.34. The summed E-state index contributed by atoms with van der Waals surface area (Å²) in [6.45, 7) is 7.69. The first kappa shape index (κ1) is 17.9. The molecule has 140 valence electrons. The highest BCUT2D eigenvalue weighted by atomic mass is 32.1. The minimum atomic E-state index is -0.308. The maximum atomic E-state index is 12.5. The Morgan fingerprint density at radius 2 is 1.93 bits per heavy atom. The number of rotatable bonds is 3. The van der Waals surface area contributed by atoms with Crippen LogP contribution >= 0.6 is 11.3 Å². The van der Waals surface area contributed by atoms with Crippen molar-refractivity contribution in [2.75, 3.05) is 26.2 Å². The van der Waals surface area contributed by atoms with Crippen molar-refractivity contribution in [3.63, 3.8) is 0 Å². The monoisotopic (exact) mass is 382 g/mol. The molecule has 2 aromatic heterocycles. The lowest BCUT2D eigenvalue weighted by Crippen LogP contribution is -2.48. The normalized spacial score (nSPS) is 15.4. The van der Waals surface area contributed by atoms with E-state index in [0.29, 0.717) is 25.2 Å². The third-order valence-electron chi connectivity index (χ3n) is 5.30. The molecular weight excluding hydrogens is 360 g/mol. The summed E-state index contributed by atoms with van der Waals surface area (Å²) in [6, 6.07) is 9.48. The predicted octanol–water partition coefficient (Wildman–Crippen LogP) is 3.43. The van der Waals surface area contributed by atoms with Gasteiger partial charge in [0, 0.05) is 44.2 Å². The molecule has 4 rings (SSSR count). The number of aryl methyl sites for hydroxylation is 2. The smallest absolute Gasteiger partial charge is 0.336 e. The van der Waals surface area contributed by atoms with Gasteiger partial charge in [0.1, 0.15) is 5.58 Å². The van der Waals surface area contributed by atoms with E-state index in [2.05, 4.69) is 11.0 Å². The largest absolute Gasteiger partial charge is 0.422 e. The van der Waals surface area contributed by atoms with Gasteiger partial charge in [0.2, 0.25) is 0 Å². The van der Waals surface area contributed by atoms with Gasteiger partial charge in [-0.3, -0.25) is 9.69 Å². The Balaban J connectivity index is 1.50. The summed E-state index contributed by atoms with van der Waals surface area (Å²) in [6.07, 6.45) is 0. The van der Waals surface area contributed by atoms with E-state index in [1.807, 2.05) is 42.3 Å². The van der Waals surface area contributed by atoms with Crippen LogP contribution in [0.15, 0.2) is 44.9 Å². The number of nitrogens with zero attached hydrogens (tertiary/aromatic N) is 2. The maximum Gasteiger partial charge on any atom is 0.336 e. The van der Waals surface area contributed by atoms with E-state index in [1.54, 1.807) is 6.07 Å². The molecule has 3 heterocycles. The van der Waals surface area contributed by atoms with Gasteiger partial charge in [0.25, 0.3) is 5.91 Å². The second kappa shape index (κ2) is 7.29. The van der Waals surface area contributed by atoms with Crippen molar-refractivity contribution in [2.24, 2.45) is 0 Å². The van der Waals surface area contributed by atoms with Gasteiger partial charge in [-0.25, -0.2) is 4.79 Å². The fourth-order valence-corrected chi connectivity index (χ4v) is 4.25. The average Bonchev–Trinajstić information content (AvgIpc) is 3.20. The van der Waals surface area contributed by atoms with Crippen LogP contribution in [0.25, 0.3) is 11.0 Å². The molecule has 6 heteroatoms. The Morgan fingerprint density at radius 1 is 1.15 bits per heavy atom. The molecule has 0 bridgehead atoms. The SMILES string of the molecule is Cc1ccc2c(CN3CCN(C(=O)c4cccs4)CC3)cc(=O)oc2c1C. The van der Waals surface area contributed by atoms with E-state index >= 15 is 0 Å². The molecule has 1 fully saturated rings. The van der Waals surface area contributed by atoms with Gasteiger partial charge in [-0.15, -0.1) is 11.3 Å². The second-order valence-corrected chi connectivity index (χ2v) is 7.97. The Bertz CT molecular complexity index is 1030. The molecular formula is C21H22N2O3S. The number of carbonyl (C=O) groups is 1. The lowest BCUT2D eigenvalue weighted by molar-refractivity contribution is 0.0633. The molecule has 1 aromatic carbocycles. The van der Waals surface area contributed by atoms with Gasteiger partial charge in [-0.2, -0.15) is 0 Å². The van der Waals surface area contributed by atoms with Gasteiger partial charge < -0.3 is 9.32 Å². The van der Waals surface area contributed by atoms with Crippen molar-refractivity contribution in [1.29, 1.82) is 0 Å². The Labute approximate surface area is 161 Å². The minimum Gasteiger partial charge on any atom is -0.422 e. The van der Waals surface area contributed by atoms with Gasteiger partial charge in [0.15, 0.2) is 0 Å². The first-order valence-electron chi connectivity index (χ1n) is 9.11. The van der Waals surface area contributed by atoms with Crippen LogP contribution in [0.3, 0.4) is 0 Å². The van der Waals surface area contributed by atoms with Crippen LogP contribution in [0, 0.1) is 13.8 Å². The molecule has 0 spiro atoms. The van der Waals surface area contributed by atoms with Crippen LogP contribution in [0.5, 0.6) is 0 Å². The van der Waals surface area contributed by atoms with Crippen LogP contribution in [0.1, 0.15) is 26.4 Å². The first-order chi connectivity index (χ1) is 13.0. The topological polar surface area (TPSA) is 53.8 Å². The number of piperazine rings is 1. The van der Waals surface area contributed by atoms with E-state index in [-0.39, 0.29) is 11.5 Å². The highest BCUT2D eigenvalue weighted by Crippen LogP contribution is 2.24. The number of amides is 1. The molecule has 0 saturated carbocycles. The fraction of sp³-hybridized carbons (Fsp3) is 0.333. The Hall–Kier alpha value is -2.44. The average molecular weight is 382 g/mol. The number of carbonyl (C=O) groups excluding carboxylic acids is 1. The lowest BCUT2D eigenvalue weighted by atomic mass is 10.0. The van der Waals surface area contributed by atoms with Crippen molar-refractivity contribution in [2.45, 2.75) is 20.4 Å². The van der Waals surface area contributed by atoms with Gasteiger partial charge >= 0.3 is 5.63 Å². The van der Waals surface area contributed by atoms with E-state index in [1.165, 1.54) is 11.3 Å². The molecule has 0 N–H and O–H groups in total. The molecule has 3 aromatic rings. The van der Waals surface area contributed by atoms with Gasteiger partial charge in [-0.1, -0.05) is 18.2 Å². The summed E-state index contributed by atoms with van der Waals surface area (Å²) in [5.74, 6) is 0.113. The highest BCUT2D eigenvalue weighted by molar-refractivity contribution is 7.12. The van der Waals surface area contributed by atoms with Crippen molar-refractivity contribution in [1.82, 2.24) is 9.80 Å².